The van der Waals surface area contributed by atoms with Crippen molar-refractivity contribution in [2.24, 2.45) is 5.10 Å². The first-order chi connectivity index (χ1) is 14.0. The molecule has 0 saturated carbocycles. The monoisotopic (exact) mass is 426 g/mol. The van der Waals surface area contributed by atoms with Crippen LogP contribution in [0.5, 0.6) is 0 Å². The quantitative estimate of drug-likeness (QED) is 0.350. The average molecular weight is 427 g/mol. The largest absolute Gasteiger partial charge is 0.313 e. The van der Waals surface area contributed by atoms with Gasteiger partial charge in [-0.05, 0) is 63.3 Å². The van der Waals surface area contributed by atoms with Crippen LogP contribution in [-0.4, -0.2) is 22.5 Å². The molecule has 4 rings (SSSR count). The summed E-state index contributed by atoms with van der Waals surface area (Å²) in [6.45, 7) is 3.65. The first-order valence-electron chi connectivity index (χ1n) is 9.63. The number of aryl methyl sites for hydroxylation is 1. The number of nitrogens with one attached hydrogen (secondary N) is 2. The van der Waals surface area contributed by atoms with E-state index < -0.39 is 0 Å². The summed E-state index contributed by atoms with van der Waals surface area (Å²) in [7, 11) is 0. The van der Waals surface area contributed by atoms with Crippen molar-refractivity contribution in [1.29, 1.82) is 0 Å². The van der Waals surface area contributed by atoms with Gasteiger partial charge in [0, 0.05) is 16.2 Å². The lowest BCUT2D eigenvalue weighted by molar-refractivity contribution is 0.0955. The Morgan fingerprint density at radius 1 is 1.10 bits per heavy atom. The standard InChI is InChI=1S/C21H22N4O2S2/c1-12(2)24-25-20(27)18-14-6-4-3-5-7-16(14)29-21(18)23-19(26)13-8-9-15-17(10-13)28-11-22-15/h8-11H,3-7H2,1-2H3,(H,23,26)(H,25,27). The Kier molecular flexibility index (Phi) is 5.73. The first-order valence-corrected chi connectivity index (χ1v) is 11.3. The Labute approximate surface area is 177 Å². The van der Waals surface area contributed by atoms with Crippen molar-refractivity contribution in [3.05, 3.63) is 45.3 Å². The van der Waals surface area contributed by atoms with Crippen LogP contribution in [0.3, 0.4) is 0 Å². The zero-order valence-electron chi connectivity index (χ0n) is 16.4. The molecule has 1 aliphatic rings. The van der Waals surface area contributed by atoms with E-state index in [4.69, 9.17) is 0 Å². The van der Waals surface area contributed by atoms with Crippen molar-refractivity contribution in [3.63, 3.8) is 0 Å². The van der Waals surface area contributed by atoms with E-state index in [0.29, 0.717) is 16.1 Å². The molecule has 150 valence electrons. The third kappa shape index (κ3) is 4.23. The molecule has 0 aliphatic heterocycles. The van der Waals surface area contributed by atoms with Gasteiger partial charge in [-0.15, -0.1) is 22.7 Å². The molecule has 0 fully saturated rings. The molecule has 0 saturated heterocycles. The highest BCUT2D eigenvalue weighted by molar-refractivity contribution is 7.17. The van der Waals surface area contributed by atoms with Crippen LogP contribution in [0, 0.1) is 0 Å². The van der Waals surface area contributed by atoms with E-state index in [1.54, 1.807) is 11.6 Å². The second-order valence-electron chi connectivity index (χ2n) is 7.26. The minimum Gasteiger partial charge on any atom is -0.313 e. The molecule has 0 unspecified atom stereocenters. The molecule has 2 aromatic heterocycles. The van der Waals surface area contributed by atoms with E-state index >= 15 is 0 Å². The average Bonchev–Trinajstić information content (AvgIpc) is 3.23. The maximum absolute atomic E-state index is 12.9. The number of hydrazone groups is 1. The highest BCUT2D eigenvalue weighted by Gasteiger charge is 2.26. The fraction of sp³-hybridized carbons (Fsp3) is 0.333. The summed E-state index contributed by atoms with van der Waals surface area (Å²) in [4.78, 5) is 31.3. The second-order valence-corrected chi connectivity index (χ2v) is 9.25. The Balaban J connectivity index is 1.67. The molecule has 2 amide bonds. The van der Waals surface area contributed by atoms with Gasteiger partial charge in [0.2, 0.25) is 0 Å². The molecule has 1 aliphatic carbocycles. The van der Waals surface area contributed by atoms with Crippen LogP contribution in [0.2, 0.25) is 0 Å². The van der Waals surface area contributed by atoms with E-state index in [-0.39, 0.29) is 11.8 Å². The first kappa shape index (κ1) is 19.7. The van der Waals surface area contributed by atoms with Crippen molar-refractivity contribution < 1.29 is 9.59 Å². The van der Waals surface area contributed by atoms with E-state index in [9.17, 15) is 9.59 Å². The van der Waals surface area contributed by atoms with Crippen LogP contribution in [0.1, 0.15) is 64.3 Å². The van der Waals surface area contributed by atoms with E-state index in [2.05, 4.69) is 20.8 Å². The SMILES string of the molecule is CC(C)=NNC(=O)c1c(NC(=O)c2ccc3ncsc3c2)sc2c1CCCCC2. The smallest absolute Gasteiger partial charge is 0.274 e. The molecule has 0 atom stereocenters. The van der Waals surface area contributed by atoms with Crippen molar-refractivity contribution in [2.75, 3.05) is 5.32 Å². The molecule has 8 heteroatoms. The zero-order valence-corrected chi connectivity index (χ0v) is 18.0. The Hall–Kier alpha value is -2.58. The summed E-state index contributed by atoms with van der Waals surface area (Å²) < 4.78 is 0.963. The molecule has 6 nitrogen and oxygen atoms in total. The minimum atomic E-state index is -0.265. The number of anilines is 1. The lowest BCUT2D eigenvalue weighted by atomic mass is 10.0. The fourth-order valence-corrected chi connectivity index (χ4v) is 5.46. The van der Waals surface area contributed by atoms with Crippen LogP contribution in [0.4, 0.5) is 5.00 Å². The Bertz CT molecular complexity index is 1110. The number of hydrogen-bond acceptors (Lipinski definition) is 6. The number of amides is 2. The van der Waals surface area contributed by atoms with Crippen LogP contribution in [0.25, 0.3) is 10.2 Å². The molecular formula is C21H22N4O2S2. The number of nitrogens with zero attached hydrogens (tertiary/aromatic N) is 2. The Morgan fingerprint density at radius 3 is 2.76 bits per heavy atom. The molecule has 0 bridgehead atoms. The summed E-state index contributed by atoms with van der Waals surface area (Å²) in [6.07, 6.45) is 5.11. The molecule has 0 spiro atoms. The van der Waals surface area contributed by atoms with Crippen molar-refractivity contribution in [2.45, 2.75) is 46.0 Å². The topological polar surface area (TPSA) is 83.5 Å². The molecular weight excluding hydrogens is 404 g/mol. The van der Waals surface area contributed by atoms with Gasteiger partial charge in [-0.1, -0.05) is 6.42 Å². The predicted octanol–water partition coefficient (Wildman–Crippen LogP) is 5.00. The zero-order chi connectivity index (χ0) is 20.4. The number of rotatable bonds is 4. The van der Waals surface area contributed by atoms with Crippen molar-refractivity contribution in [3.8, 4) is 0 Å². The third-order valence-corrected chi connectivity index (χ3v) is 6.85. The van der Waals surface area contributed by atoms with Gasteiger partial charge in [0.1, 0.15) is 5.00 Å². The molecule has 1 aromatic carbocycles. The number of thiazole rings is 1. The maximum Gasteiger partial charge on any atom is 0.274 e. The van der Waals surface area contributed by atoms with Crippen molar-refractivity contribution in [1.82, 2.24) is 10.4 Å². The van der Waals surface area contributed by atoms with Gasteiger partial charge in [-0.25, -0.2) is 10.4 Å². The van der Waals surface area contributed by atoms with E-state index in [1.165, 1.54) is 27.6 Å². The highest BCUT2D eigenvalue weighted by Crippen LogP contribution is 2.38. The molecule has 3 aromatic rings. The van der Waals surface area contributed by atoms with Gasteiger partial charge in [-0.2, -0.15) is 5.10 Å². The van der Waals surface area contributed by atoms with Gasteiger partial charge in [0.15, 0.2) is 0 Å². The van der Waals surface area contributed by atoms with Crippen LogP contribution in [0.15, 0.2) is 28.8 Å². The predicted molar refractivity (Wildman–Crippen MR) is 119 cm³/mol. The van der Waals surface area contributed by atoms with E-state index in [1.807, 2.05) is 26.0 Å². The summed E-state index contributed by atoms with van der Waals surface area (Å²) in [6, 6.07) is 5.45. The fourth-order valence-electron chi connectivity index (χ4n) is 3.46. The van der Waals surface area contributed by atoms with Gasteiger partial charge in [0.25, 0.3) is 11.8 Å². The molecule has 2 N–H and O–H groups in total. The lowest BCUT2D eigenvalue weighted by Gasteiger charge is -2.08. The number of thiophene rings is 1. The summed E-state index contributed by atoms with van der Waals surface area (Å²) in [5, 5.41) is 7.65. The lowest BCUT2D eigenvalue weighted by Crippen LogP contribution is -2.22. The van der Waals surface area contributed by atoms with Gasteiger partial charge in [0.05, 0.1) is 21.3 Å². The van der Waals surface area contributed by atoms with Crippen LogP contribution in [-0.2, 0) is 12.8 Å². The minimum absolute atomic E-state index is 0.221. The summed E-state index contributed by atoms with van der Waals surface area (Å²) >= 11 is 3.01. The van der Waals surface area contributed by atoms with Crippen LogP contribution < -0.4 is 10.7 Å². The van der Waals surface area contributed by atoms with Crippen LogP contribution >= 0.6 is 22.7 Å². The molecule has 0 radical (unpaired) electrons. The highest BCUT2D eigenvalue weighted by atomic mass is 32.1. The van der Waals surface area contributed by atoms with Crippen molar-refractivity contribution >= 4 is 55.4 Å². The number of fused-ring (bicyclic) bond motifs is 2. The molecule has 29 heavy (non-hydrogen) atoms. The summed E-state index contributed by atoms with van der Waals surface area (Å²) in [5.41, 5.74) is 8.21. The maximum atomic E-state index is 12.9. The van der Waals surface area contributed by atoms with Gasteiger partial charge >= 0.3 is 0 Å². The number of hydrogen-bond donors (Lipinski definition) is 2. The number of benzene rings is 1. The number of aromatic nitrogens is 1. The summed E-state index contributed by atoms with van der Waals surface area (Å²) in [5.74, 6) is -0.486. The second kappa shape index (κ2) is 8.42. The van der Waals surface area contributed by atoms with Gasteiger partial charge in [-0.3, -0.25) is 9.59 Å². The normalized spacial score (nSPS) is 13.4. The Morgan fingerprint density at radius 2 is 1.93 bits per heavy atom. The third-order valence-electron chi connectivity index (χ3n) is 4.85. The number of carbonyl (C=O) groups is 2. The number of carbonyl (C=O) groups excluding carboxylic acids is 2. The molecule has 2 heterocycles. The van der Waals surface area contributed by atoms with Gasteiger partial charge < -0.3 is 5.32 Å². The van der Waals surface area contributed by atoms with E-state index in [0.717, 1.165) is 53.6 Å².